The monoisotopic (exact) mass is 334 g/mol. The van der Waals surface area contributed by atoms with Crippen LogP contribution in [0.4, 0.5) is 0 Å². The molecule has 0 unspecified atom stereocenters. The summed E-state index contributed by atoms with van der Waals surface area (Å²) in [6, 6.07) is 12.9. The van der Waals surface area contributed by atoms with E-state index in [4.69, 9.17) is 0 Å². The first kappa shape index (κ1) is 15.4. The predicted molar refractivity (Wildman–Crippen MR) is 93.8 cm³/mol. The van der Waals surface area contributed by atoms with E-state index in [9.17, 15) is 9.59 Å². The standard InChI is InChI=1S/C19H18N4O2/c24-18-16(8-13-6-3-5-12-4-1-2-7-15(12)13)22-19(25)17(23-18)9-14-10-20-11-21-14/h1-7,10-11,16-17H,8-9H2,(H,20,21)(H,22,25)(H,23,24)/t16-,17+/m1/s1. The molecule has 0 bridgehead atoms. The maximum absolute atomic E-state index is 12.5. The van der Waals surface area contributed by atoms with Crippen molar-refractivity contribution in [3.05, 3.63) is 66.2 Å². The second-order valence-electron chi connectivity index (χ2n) is 6.25. The van der Waals surface area contributed by atoms with Crippen molar-refractivity contribution in [3.8, 4) is 0 Å². The first-order chi connectivity index (χ1) is 12.2. The van der Waals surface area contributed by atoms with Gasteiger partial charge in [-0.1, -0.05) is 42.5 Å². The Balaban J connectivity index is 1.50. The Morgan fingerprint density at radius 3 is 2.36 bits per heavy atom. The molecule has 0 spiro atoms. The minimum absolute atomic E-state index is 0.156. The molecule has 0 saturated carbocycles. The Kier molecular flexibility index (Phi) is 3.93. The molecule has 1 fully saturated rings. The number of hydrogen-bond acceptors (Lipinski definition) is 3. The molecule has 6 nitrogen and oxygen atoms in total. The van der Waals surface area contributed by atoms with E-state index in [1.165, 1.54) is 0 Å². The van der Waals surface area contributed by atoms with Gasteiger partial charge in [-0.3, -0.25) is 9.59 Å². The second kappa shape index (κ2) is 6.39. The average Bonchev–Trinajstić information content (AvgIpc) is 3.13. The molecule has 25 heavy (non-hydrogen) atoms. The van der Waals surface area contributed by atoms with Crippen molar-refractivity contribution in [2.24, 2.45) is 0 Å². The fourth-order valence-corrected chi connectivity index (χ4v) is 3.27. The highest BCUT2D eigenvalue weighted by molar-refractivity contribution is 5.97. The first-order valence-corrected chi connectivity index (χ1v) is 8.25. The molecule has 0 radical (unpaired) electrons. The van der Waals surface area contributed by atoms with Crippen LogP contribution in [0.1, 0.15) is 11.3 Å². The summed E-state index contributed by atoms with van der Waals surface area (Å²) >= 11 is 0. The highest BCUT2D eigenvalue weighted by Gasteiger charge is 2.34. The summed E-state index contributed by atoms with van der Waals surface area (Å²) in [5, 5.41) is 7.91. The van der Waals surface area contributed by atoms with Gasteiger partial charge in [-0.25, -0.2) is 4.98 Å². The first-order valence-electron chi connectivity index (χ1n) is 8.25. The Labute approximate surface area is 144 Å². The van der Waals surface area contributed by atoms with Gasteiger partial charge in [0.15, 0.2) is 0 Å². The number of carbonyl (C=O) groups excluding carboxylic acids is 2. The van der Waals surface area contributed by atoms with Gasteiger partial charge in [0.1, 0.15) is 12.1 Å². The molecule has 2 heterocycles. The van der Waals surface area contributed by atoms with Gasteiger partial charge in [-0.05, 0) is 16.3 Å². The van der Waals surface area contributed by atoms with Gasteiger partial charge >= 0.3 is 0 Å². The number of aromatic nitrogens is 2. The Hall–Kier alpha value is -3.15. The van der Waals surface area contributed by atoms with Crippen molar-refractivity contribution in [1.82, 2.24) is 20.6 Å². The summed E-state index contributed by atoms with van der Waals surface area (Å²) in [5.74, 6) is -0.323. The van der Waals surface area contributed by atoms with Crippen LogP contribution in [0.15, 0.2) is 55.0 Å². The van der Waals surface area contributed by atoms with Gasteiger partial charge in [0, 0.05) is 24.7 Å². The van der Waals surface area contributed by atoms with Crippen molar-refractivity contribution >= 4 is 22.6 Å². The second-order valence-corrected chi connectivity index (χ2v) is 6.25. The van der Waals surface area contributed by atoms with Crippen molar-refractivity contribution < 1.29 is 9.59 Å². The largest absolute Gasteiger partial charge is 0.348 e. The normalized spacial score (nSPS) is 20.3. The third-order valence-electron chi connectivity index (χ3n) is 4.55. The number of aromatic amines is 1. The molecule has 3 aromatic rings. The van der Waals surface area contributed by atoms with Crippen molar-refractivity contribution in [2.75, 3.05) is 0 Å². The molecule has 4 rings (SSSR count). The summed E-state index contributed by atoms with van der Waals surface area (Å²) in [6.45, 7) is 0. The van der Waals surface area contributed by atoms with Crippen LogP contribution in [0.2, 0.25) is 0 Å². The predicted octanol–water partition coefficient (Wildman–Crippen LogP) is 1.33. The summed E-state index contributed by atoms with van der Waals surface area (Å²) in [4.78, 5) is 31.7. The molecule has 126 valence electrons. The minimum atomic E-state index is -0.572. The fourth-order valence-electron chi connectivity index (χ4n) is 3.27. The summed E-state index contributed by atoms with van der Waals surface area (Å²) < 4.78 is 0. The van der Waals surface area contributed by atoms with Crippen LogP contribution in [0.5, 0.6) is 0 Å². The average molecular weight is 334 g/mol. The zero-order valence-corrected chi connectivity index (χ0v) is 13.5. The SMILES string of the molecule is O=C1N[C@H](Cc2cccc3ccccc23)C(=O)N[C@H]1Cc1cnc[nH]1. The number of fused-ring (bicyclic) bond motifs is 1. The number of imidazole rings is 1. The Morgan fingerprint density at radius 2 is 1.60 bits per heavy atom. The van der Waals surface area contributed by atoms with E-state index < -0.39 is 12.1 Å². The molecule has 2 atom stereocenters. The van der Waals surface area contributed by atoms with Gasteiger partial charge < -0.3 is 15.6 Å². The highest BCUT2D eigenvalue weighted by Crippen LogP contribution is 2.20. The smallest absolute Gasteiger partial charge is 0.243 e. The summed E-state index contributed by atoms with van der Waals surface area (Å²) in [6.07, 6.45) is 4.08. The highest BCUT2D eigenvalue weighted by atomic mass is 16.2. The third kappa shape index (κ3) is 3.10. The van der Waals surface area contributed by atoms with Crippen LogP contribution in [-0.2, 0) is 22.4 Å². The van der Waals surface area contributed by atoms with Gasteiger partial charge in [0.2, 0.25) is 11.8 Å². The maximum Gasteiger partial charge on any atom is 0.243 e. The van der Waals surface area contributed by atoms with E-state index in [-0.39, 0.29) is 11.8 Å². The topological polar surface area (TPSA) is 86.9 Å². The maximum atomic E-state index is 12.5. The van der Waals surface area contributed by atoms with E-state index in [0.29, 0.717) is 12.8 Å². The number of piperazine rings is 1. The number of carbonyl (C=O) groups is 2. The van der Waals surface area contributed by atoms with Crippen molar-refractivity contribution in [3.63, 3.8) is 0 Å². The number of hydrogen-bond donors (Lipinski definition) is 3. The molecule has 1 aromatic heterocycles. The molecular weight excluding hydrogens is 316 g/mol. The quantitative estimate of drug-likeness (QED) is 0.673. The summed E-state index contributed by atoms with van der Waals surface area (Å²) in [7, 11) is 0. The van der Waals surface area contributed by atoms with Crippen LogP contribution in [0.3, 0.4) is 0 Å². The van der Waals surface area contributed by atoms with Crippen LogP contribution in [0.25, 0.3) is 10.8 Å². The van der Waals surface area contributed by atoms with Crippen LogP contribution in [-0.4, -0.2) is 33.9 Å². The molecule has 6 heteroatoms. The molecule has 1 aliphatic rings. The number of amides is 2. The minimum Gasteiger partial charge on any atom is -0.348 e. The van der Waals surface area contributed by atoms with E-state index in [1.54, 1.807) is 12.5 Å². The van der Waals surface area contributed by atoms with Gasteiger partial charge in [-0.2, -0.15) is 0 Å². The van der Waals surface area contributed by atoms with E-state index in [0.717, 1.165) is 22.0 Å². The lowest BCUT2D eigenvalue weighted by atomic mass is 9.96. The van der Waals surface area contributed by atoms with Crippen LogP contribution < -0.4 is 10.6 Å². The third-order valence-corrected chi connectivity index (χ3v) is 4.55. The van der Waals surface area contributed by atoms with E-state index in [1.807, 2.05) is 42.5 Å². The van der Waals surface area contributed by atoms with Crippen LogP contribution >= 0.6 is 0 Å². The lowest BCUT2D eigenvalue weighted by Crippen LogP contribution is -2.62. The van der Waals surface area contributed by atoms with E-state index in [2.05, 4.69) is 20.6 Å². The Bertz CT molecular complexity index is 915. The molecule has 2 amide bonds. The fraction of sp³-hybridized carbons (Fsp3) is 0.211. The molecule has 3 N–H and O–H groups in total. The molecular formula is C19H18N4O2. The van der Waals surface area contributed by atoms with Crippen LogP contribution in [0, 0.1) is 0 Å². The molecule has 2 aromatic carbocycles. The van der Waals surface area contributed by atoms with E-state index >= 15 is 0 Å². The van der Waals surface area contributed by atoms with Gasteiger partial charge in [-0.15, -0.1) is 0 Å². The lowest BCUT2D eigenvalue weighted by Gasteiger charge is -2.29. The number of rotatable bonds is 4. The number of benzene rings is 2. The Morgan fingerprint density at radius 1 is 0.880 bits per heavy atom. The van der Waals surface area contributed by atoms with Gasteiger partial charge in [0.25, 0.3) is 0 Å². The van der Waals surface area contributed by atoms with Crippen molar-refractivity contribution in [2.45, 2.75) is 24.9 Å². The molecule has 0 aliphatic carbocycles. The number of nitrogens with zero attached hydrogens (tertiary/aromatic N) is 1. The molecule has 1 aliphatic heterocycles. The lowest BCUT2D eigenvalue weighted by molar-refractivity contribution is -0.136. The zero-order chi connectivity index (χ0) is 17.2. The number of nitrogens with one attached hydrogen (secondary N) is 3. The zero-order valence-electron chi connectivity index (χ0n) is 13.5. The number of H-pyrrole nitrogens is 1. The van der Waals surface area contributed by atoms with Crippen molar-refractivity contribution in [1.29, 1.82) is 0 Å². The summed E-state index contributed by atoms with van der Waals surface area (Å²) in [5.41, 5.74) is 1.86. The van der Waals surface area contributed by atoms with Gasteiger partial charge in [0.05, 0.1) is 6.33 Å². The molecule has 1 saturated heterocycles.